The lowest BCUT2D eigenvalue weighted by Gasteiger charge is -2.60. The van der Waals surface area contributed by atoms with Crippen molar-refractivity contribution < 1.29 is 0 Å². The molecule has 2 nitrogen and oxygen atoms in total. The first-order valence-electron chi connectivity index (χ1n) is 9.38. The number of rotatable bonds is 4. The molecule has 0 amide bonds. The monoisotopic (exact) mass is 290 g/mol. The third-order valence-corrected chi connectivity index (χ3v) is 7.37. The molecule has 5 fully saturated rings. The molecule has 120 valence electrons. The molecule has 1 heterocycles. The maximum Gasteiger partial charge on any atom is 0.0248 e. The summed E-state index contributed by atoms with van der Waals surface area (Å²) < 4.78 is 0. The van der Waals surface area contributed by atoms with Crippen LogP contribution in [0.15, 0.2) is 0 Å². The van der Waals surface area contributed by atoms with E-state index >= 15 is 0 Å². The highest BCUT2D eigenvalue weighted by Crippen LogP contribution is 2.61. The van der Waals surface area contributed by atoms with Crippen LogP contribution in [0.3, 0.4) is 0 Å². The van der Waals surface area contributed by atoms with E-state index in [0.29, 0.717) is 10.8 Å². The van der Waals surface area contributed by atoms with Crippen molar-refractivity contribution in [1.82, 2.24) is 10.2 Å². The number of hydrogen-bond donors (Lipinski definition) is 1. The van der Waals surface area contributed by atoms with Crippen LogP contribution in [-0.2, 0) is 0 Å². The van der Waals surface area contributed by atoms with E-state index in [4.69, 9.17) is 0 Å². The van der Waals surface area contributed by atoms with Crippen molar-refractivity contribution in [1.29, 1.82) is 0 Å². The number of likely N-dealkylation sites (tertiary alicyclic amines) is 1. The van der Waals surface area contributed by atoms with Gasteiger partial charge in [0.1, 0.15) is 0 Å². The average molecular weight is 290 g/mol. The molecule has 1 N–H and O–H groups in total. The topological polar surface area (TPSA) is 15.3 Å². The molecule has 1 atom stereocenters. The molecule has 0 spiro atoms. The SMILES string of the molecule is CNC(CN1CCC(C)(C)C1)C12CC3CC(CC(C3)C1)C2. The molecule has 4 saturated carbocycles. The smallest absolute Gasteiger partial charge is 0.0248 e. The summed E-state index contributed by atoms with van der Waals surface area (Å²) in [6.07, 6.45) is 10.7. The summed E-state index contributed by atoms with van der Waals surface area (Å²) in [6.45, 7) is 8.79. The van der Waals surface area contributed by atoms with Crippen molar-refractivity contribution in [2.24, 2.45) is 28.6 Å². The van der Waals surface area contributed by atoms with Gasteiger partial charge in [0, 0.05) is 19.1 Å². The van der Waals surface area contributed by atoms with E-state index in [0.717, 1.165) is 23.8 Å². The zero-order valence-corrected chi connectivity index (χ0v) is 14.3. The molecule has 0 aromatic carbocycles. The highest BCUT2D eigenvalue weighted by atomic mass is 15.2. The summed E-state index contributed by atoms with van der Waals surface area (Å²) in [7, 11) is 2.23. The molecule has 0 aromatic heterocycles. The van der Waals surface area contributed by atoms with Crippen molar-refractivity contribution in [2.75, 3.05) is 26.7 Å². The molecule has 1 saturated heterocycles. The lowest BCUT2D eigenvalue weighted by molar-refractivity contribution is -0.0769. The van der Waals surface area contributed by atoms with Gasteiger partial charge in [0.05, 0.1) is 0 Å². The van der Waals surface area contributed by atoms with Crippen LogP contribution >= 0.6 is 0 Å². The van der Waals surface area contributed by atoms with Crippen molar-refractivity contribution >= 4 is 0 Å². The van der Waals surface area contributed by atoms with Gasteiger partial charge in [-0.05, 0) is 87.1 Å². The van der Waals surface area contributed by atoms with Gasteiger partial charge in [-0.1, -0.05) is 13.8 Å². The van der Waals surface area contributed by atoms with Crippen LogP contribution in [0.4, 0.5) is 0 Å². The second-order valence-corrected chi connectivity index (χ2v) is 9.77. The minimum absolute atomic E-state index is 0.541. The number of hydrogen-bond acceptors (Lipinski definition) is 2. The van der Waals surface area contributed by atoms with Crippen molar-refractivity contribution in [3.05, 3.63) is 0 Å². The molecule has 2 heteroatoms. The van der Waals surface area contributed by atoms with Gasteiger partial charge >= 0.3 is 0 Å². The Balaban J connectivity index is 1.48. The predicted octanol–water partition coefficient (Wildman–Crippen LogP) is 3.52. The van der Waals surface area contributed by atoms with Gasteiger partial charge in [-0.15, -0.1) is 0 Å². The van der Waals surface area contributed by atoms with Crippen LogP contribution < -0.4 is 5.32 Å². The molecular weight excluding hydrogens is 256 g/mol. The largest absolute Gasteiger partial charge is 0.315 e. The molecule has 1 unspecified atom stereocenters. The average Bonchev–Trinajstić information content (AvgIpc) is 2.73. The molecule has 4 aliphatic carbocycles. The van der Waals surface area contributed by atoms with E-state index < -0.39 is 0 Å². The van der Waals surface area contributed by atoms with Gasteiger partial charge < -0.3 is 10.2 Å². The number of nitrogens with zero attached hydrogens (tertiary/aromatic N) is 1. The predicted molar refractivity (Wildman–Crippen MR) is 88.3 cm³/mol. The second kappa shape index (κ2) is 4.96. The molecule has 4 bridgehead atoms. The molecule has 5 aliphatic rings. The Hall–Kier alpha value is -0.0800. The lowest BCUT2D eigenvalue weighted by Crippen LogP contribution is -2.58. The van der Waals surface area contributed by atoms with Crippen LogP contribution in [0.5, 0.6) is 0 Å². The quantitative estimate of drug-likeness (QED) is 0.852. The van der Waals surface area contributed by atoms with E-state index in [1.54, 1.807) is 19.3 Å². The van der Waals surface area contributed by atoms with E-state index in [1.165, 1.54) is 45.3 Å². The minimum Gasteiger partial charge on any atom is -0.315 e. The zero-order chi connectivity index (χ0) is 14.7. The summed E-state index contributed by atoms with van der Waals surface area (Å²) in [5.74, 6) is 3.21. The summed E-state index contributed by atoms with van der Waals surface area (Å²) in [5, 5.41) is 3.77. The maximum absolute atomic E-state index is 3.77. The molecule has 21 heavy (non-hydrogen) atoms. The molecule has 0 radical (unpaired) electrons. The fourth-order valence-corrected chi connectivity index (χ4v) is 6.83. The summed E-state index contributed by atoms with van der Waals surface area (Å²) in [6, 6.07) is 0.736. The standard InChI is InChI=1S/C19H34N2/c1-18(2)4-5-21(13-18)12-17(20-3)19-9-14-6-15(10-19)8-16(7-14)11-19/h14-17,20H,4-13H2,1-3H3. The van der Waals surface area contributed by atoms with Gasteiger partial charge in [0.2, 0.25) is 0 Å². The molecular formula is C19H34N2. The first-order chi connectivity index (χ1) is 9.98. The molecule has 0 aromatic rings. The van der Waals surface area contributed by atoms with E-state index in [1.807, 2.05) is 0 Å². The maximum atomic E-state index is 3.77. The fourth-order valence-electron chi connectivity index (χ4n) is 6.83. The van der Waals surface area contributed by atoms with Gasteiger partial charge in [-0.3, -0.25) is 0 Å². The molecule has 1 aliphatic heterocycles. The van der Waals surface area contributed by atoms with E-state index in [2.05, 4.69) is 31.1 Å². The van der Waals surface area contributed by atoms with E-state index in [9.17, 15) is 0 Å². The van der Waals surface area contributed by atoms with Gasteiger partial charge in [0.15, 0.2) is 0 Å². The van der Waals surface area contributed by atoms with Crippen LogP contribution in [-0.4, -0.2) is 37.6 Å². The van der Waals surface area contributed by atoms with Crippen molar-refractivity contribution in [3.63, 3.8) is 0 Å². The Kier molecular flexibility index (Phi) is 3.43. The summed E-state index contributed by atoms with van der Waals surface area (Å²) in [5.41, 5.74) is 1.19. The van der Waals surface area contributed by atoms with Crippen LogP contribution in [0.1, 0.15) is 58.8 Å². The van der Waals surface area contributed by atoms with Gasteiger partial charge in [-0.2, -0.15) is 0 Å². The molecule has 5 rings (SSSR count). The number of nitrogens with one attached hydrogen (secondary N) is 1. The highest BCUT2D eigenvalue weighted by Gasteiger charge is 2.54. The Morgan fingerprint density at radius 1 is 1.05 bits per heavy atom. The van der Waals surface area contributed by atoms with Crippen molar-refractivity contribution in [3.8, 4) is 0 Å². The van der Waals surface area contributed by atoms with Crippen LogP contribution in [0.25, 0.3) is 0 Å². The highest BCUT2D eigenvalue weighted by molar-refractivity contribution is 5.07. The first-order valence-corrected chi connectivity index (χ1v) is 9.38. The summed E-state index contributed by atoms with van der Waals surface area (Å²) >= 11 is 0. The van der Waals surface area contributed by atoms with Gasteiger partial charge in [-0.25, -0.2) is 0 Å². The lowest BCUT2D eigenvalue weighted by atomic mass is 9.47. The Bertz CT molecular complexity index is 365. The second-order valence-electron chi connectivity index (χ2n) is 9.77. The summed E-state index contributed by atoms with van der Waals surface area (Å²) in [4.78, 5) is 2.75. The van der Waals surface area contributed by atoms with Crippen LogP contribution in [0.2, 0.25) is 0 Å². The fraction of sp³-hybridized carbons (Fsp3) is 1.00. The Labute approximate surface area is 131 Å². The van der Waals surface area contributed by atoms with Gasteiger partial charge in [0.25, 0.3) is 0 Å². The Morgan fingerprint density at radius 2 is 1.62 bits per heavy atom. The third-order valence-electron chi connectivity index (χ3n) is 7.37. The van der Waals surface area contributed by atoms with E-state index in [-0.39, 0.29) is 0 Å². The van der Waals surface area contributed by atoms with Crippen molar-refractivity contribution in [2.45, 2.75) is 64.8 Å². The number of likely N-dealkylation sites (N-methyl/N-ethyl adjacent to an activating group) is 1. The first kappa shape index (κ1) is 14.5. The Morgan fingerprint density at radius 3 is 2.05 bits per heavy atom. The van der Waals surface area contributed by atoms with Crippen LogP contribution in [0, 0.1) is 28.6 Å². The zero-order valence-electron chi connectivity index (χ0n) is 14.3. The third kappa shape index (κ3) is 2.57. The minimum atomic E-state index is 0.541. The normalized spacial score (nSPS) is 46.1.